The van der Waals surface area contributed by atoms with Crippen molar-refractivity contribution < 1.29 is 0 Å². The maximum atomic E-state index is 4.58. The molecular formula is C15H19N3. The lowest BCUT2D eigenvalue weighted by Gasteiger charge is -2.33. The summed E-state index contributed by atoms with van der Waals surface area (Å²) in [6, 6.07) is 11.1. The van der Waals surface area contributed by atoms with Crippen LogP contribution in [0.2, 0.25) is 0 Å². The van der Waals surface area contributed by atoms with Gasteiger partial charge in [0.25, 0.3) is 0 Å². The monoisotopic (exact) mass is 241 g/mol. The van der Waals surface area contributed by atoms with Crippen LogP contribution in [0.25, 0.3) is 10.8 Å². The maximum Gasteiger partial charge on any atom is 0.136 e. The van der Waals surface area contributed by atoms with Gasteiger partial charge in [-0.2, -0.15) is 0 Å². The van der Waals surface area contributed by atoms with Crippen LogP contribution in [0.4, 0.5) is 5.82 Å². The minimum Gasteiger partial charge on any atom is -0.355 e. The predicted octanol–water partition coefficient (Wildman–Crippen LogP) is 2.42. The third-order valence-corrected chi connectivity index (χ3v) is 3.81. The molecule has 0 radical (unpaired) electrons. The standard InChI is InChI=1S/C15H19N3/c1-18(13-6-4-9-16-11-13)15-14-7-3-2-5-12(14)8-10-17-15/h2-3,5,7-8,10,13,16H,4,6,9,11H2,1H3. The number of hydrogen-bond acceptors (Lipinski definition) is 3. The molecule has 1 fully saturated rings. The normalized spacial score (nSPS) is 19.9. The Morgan fingerprint density at radius 1 is 1.28 bits per heavy atom. The second kappa shape index (κ2) is 4.94. The first-order chi connectivity index (χ1) is 8.86. The van der Waals surface area contributed by atoms with Crippen molar-refractivity contribution >= 4 is 16.6 Å². The smallest absolute Gasteiger partial charge is 0.136 e. The predicted molar refractivity (Wildman–Crippen MR) is 76.0 cm³/mol. The van der Waals surface area contributed by atoms with E-state index >= 15 is 0 Å². The van der Waals surface area contributed by atoms with Crippen molar-refractivity contribution in [1.82, 2.24) is 10.3 Å². The van der Waals surface area contributed by atoms with E-state index in [2.05, 4.69) is 52.6 Å². The zero-order valence-corrected chi connectivity index (χ0v) is 10.8. The highest BCUT2D eigenvalue weighted by molar-refractivity contribution is 5.92. The number of piperidine rings is 1. The number of fused-ring (bicyclic) bond motifs is 1. The second-order valence-corrected chi connectivity index (χ2v) is 4.97. The van der Waals surface area contributed by atoms with Gasteiger partial charge in [-0.3, -0.25) is 0 Å². The molecule has 1 atom stereocenters. The third-order valence-electron chi connectivity index (χ3n) is 3.81. The molecule has 3 nitrogen and oxygen atoms in total. The van der Waals surface area contributed by atoms with E-state index in [1.807, 2.05) is 6.20 Å². The van der Waals surface area contributed by atoms with Crippen LogP contribution in [0.1, 0.15) is 12.8 Å². The molecule has 0 amide bonds. The van der Waals surface area contributed by atoms with Gasteiger partial charge in [-0.1, -0.05) is 24.3 Å². The Morgan fingerprint density at radius 2 is 2.17 bits per heavy atom. The summed E-state index contributed by atoms with van der Waals surface area (Å²) in [4.78, 5) is 6.91. The van der Waals surface area contributed by atoms with E-state index in [0.29, 0.717) is 6.04 Å². The SMILES string of the molecule is CN(c1nccc2ccccc12)C1CCCNC1. The molecule has 1 aromatic heterocycles. The Balaban J connectivity index is 1.97. The van der Waals surface area contributed by atoms with Crippen LogP contribution >= 0.6 is 0 Å². The van der Waals surface area contributed by atoms with Crippen LogP contribution in [-0.2, 0) is 0 Å². The van der Waals surface area contributed by atoms with E-state index in [0.717, 1.165) is 18.9 Å². The topological polar surface area (TPSA) is 28.2 Å². The second-order valence-electron chi connectivity index (χ2n) is 4.97. The largest absolute Gasteiger partial charge is 0.355 e. The molecule has 1 aliphatic heterocycles. The lowest BCUT2D eigenvalue weighted by Crippen LogP contribution is -2.44. The zero-order chi connectivity index (χ0) is 12.4. The van der Waals surface area contributed by atoms with Crippen LogP contribution < -0.4 is 10.2 Å². The van der Waals surface area contributed by atoms with Gasteiger partial charge in [0.2, 0.25) is 0 Å². The van der Waals surface area contributed by atoms with Crippen molar-refractivity contribution in [2.75, 3.05) is 25.0 Å². The Hall–Kier alpha value is -1.61. The number of benzene rings is 1. The Kier molecular flexibility index (Phi) is 3.15. The number of nitrogens with zero attached hydrogens (tertiary/aromatic N) is 2. The van der Waals surface area contributed by atoms with E-state index in [4.69, 9.17) is 0 Å². The molecule has 2 heterocycles. The van der Waals surface area contributed by atoms with Gasteiger partial charge in [-0.05, 0) is 30.8 Å². The van der Waals surface area contributed by atoms with Gasteiger partial charge in [-0.15, -0.1) is 0 Å². The lowest BCUT2D eigenvalue weighted by molar-refractivity contribution is 0.444. The molecule has 0 saturated carbocycles. The van der Waals surface area contributed by atoms with Gasteiger partial charge in [-0.25, -0.2) is 4.98 Å². The molecule has 1 saturated heterocycles. The molecule has 1 unspecified atom stereocenters. The zero-order valence-electron chi connectivity index (χ0n) is 10.8. The molecule has 1 aliphatic rings. The fourth-order valence-electron chi connectivity index (χ4n) is 2.72. The van der Waals surface area contributed by atoms with Crippen LogP contribution in [0.5, 0.6) is 0 Å². The van der Waals surface area contributed by atoms with Gasteiger partial charge in [0.15, 0.2) is 0 Å². The summed E-state index contributed by atoms with van der Waals surface area (Å²) >= 11 is 0. The van der Waals surface area contributed by atoms with Gasteiger partial charge in [0.1, 0.15) is 5.82 Å². The number of aromatic nitrogens is 1. The number of likely N-dealkylation sites (N-methyl/N-ethyl adjacent to an activating group) is 1. The molecule has 1 aromatic carbocycles. The molecule has 94 valence electrons. The molecular weight excluding hydrogens is 222 g/mol. The Morgan fingerprint density at radius 3 is 3.00 bits per heavy atom. The first-order valence-electron chi connectivity index (χ1n) is 6.63. The van der Waals surface area contributed by atoms with Crippen molar-refractivity contribution in [1.29, 1.82) is 0 Å². The van der Waals surface area contributed by atoms with Gasteiger partial charge in [0, 0.05) is 31.2 Å². The van der Waals surface area contributed by atoms with E-state index in [1.54, 1.807) is 0 Å². The summed E-state index contributed by atoms with van der Waals surface area (Å²) in [5.74, 6) is 1.10. The highest BCUT2D eigenvalue weighted by Gasteiger charge is 2.19. The fourth-order valence-corrected chi connectivity index (χ4v) is 2.72. The maximum absolute atomic E-state index is 4.58. The molecule has 2 aromatic rings. The summed E-state index contributed by atoms with van der Waals surface area (Å²) in [6.45, 7) is 2.20. The highest BCUT2D eigenvalue weighted by Crippen LogP contribution is 2.25. The average molecular weight is 241 g/mol. The summed E-state index contributed by atoms with van der Waals surface area (Å²) in [5.41, 5.74) is 0. The number of nitrogens with one attached hydrogen (secondary N) is 1. The Labute approximate surface area is 108 Å². The van der Waals surface area contributed by atoms with Crippen molar-refractivity contribution in [3.05, 3.63) is 36.5 Å². The minimum absolute atomic E-state index is 0.553. The van der Waals surface area contributed by atoms with Gasteiger partial charge >= 0.3 is 0 Å². The van der Waals surface area contributed by atoms with Crippen molar-refractivity contribution in [2.24, 2.45) is 0 Å². The number of pyridine rings is 1. The fraction of sp³-hybridized carbons (Fsp3) is 0.400. The van der Waals surface area contributed by atoms with Crippen LogP contribution in [0, 0.1) is 0 Å². The first-order valence-corrected chi connectivity index (χ1v) is 6.63. The van der Waals surface area contributed by atoms with E-state index in [9.17, 15) is 0 Å². The van der Waals surface area contributed by atoms with Crippen LogP contribution in [0.15, 0.2) is 36.5 Å². The summed E-state index contributed by atoms with van der Waals surface area (Å²) < 4.78 is 0. The molecule has 0 spiro atoms. The molecule has 1 N–H and O–H groups in total. The first kappa shape index (κ1) is 11.5. The molecule has 3 rings (SSSR count). The third kappa shape index (κ3) is 2.06. The summed E-state index contributed by atoms with van der Waals surface area (Å²) in [6.07, 6.45) is 4.40. The Bertz CT molecular complexity index is 527. The molecule has 0 bridgehead atoms. The summed E-state index contributed by atoms with van der Waals surface area (Å²) in [5, 5.41) is 5.97. The average Bonchev–Trinajstić information content (AvgIpc) is 2.47. The van der Waals surface area contributed by atoms with E-state index in [-0.39, 0.29) is 0 Å². The van der Waals surface area contributed by atoms with Crippen LogP contribution in [0.3, 0.4) is 0 Å². The van der Waals surface area contributed by atoms with Crippen molar-refractivity contribution in [3.63, 3.8) is 0 Å². The summed E-state index contributed by atoms with van der Waals surface area (Å²) in [7, 11) is 2.16. The number of anilines is 1. The molecule has 3 heteroatoms. The van der Waals surface area contributed by atoms with Crippen LogP contribution in [-0.4, -0.2) is 31.2 Å². The van der Waals surface area contributed by atoms with E-state index < -0.39 is 0 Å². The minimum atomic E-state index is 0.553. The van der Waals surface area contributed by atoms with E-state index in [1.165, 1.54) is 23.6 Å². The lowest BCUT2D eigenvalue weighted by atomic mass is 10.1. The van der Waals surface area contributed by atoms with Crippen molar-refractivity contribution in [2.45, 2.75) is 18.9 Å². The van der Waals surface area contributed by atoms with Crippen molar-refractivity contribution in [3.8, 4) is 0 Å². The molecule has 18 heavy (non-hydrogen) atoms. The number of hydrogen-bond donors (Lipinski definition) is 1. The van der Waals surface area contributed by atoms with Gasteiger partial charge in [0.05, 0.1) is 0 Å². The highest BCUT2D eigenvalue weighted by atomic mass is 15.2. The quantitative estimate of drug-likeness (QED) is 0.875. The molecule has 0 aliphatic carbocycles. The van der Waals surface area contributed by atoms with Gasteiger partial charge < -0.3 is 10.2 Å². The number of rotatable bonds is 2.